The van der Waals surface area contributed by atoms with Crippen LogP contribution in [0.5, 0.6) is 0 Å². The summed E-state index contributed by atoms with van der Waals surface area (Å²) in [4.78, 5) is 12.3. The zero-order valence-corrected chi connectivity index (χ0v) is 18.7. The Kier molecular flexibility index (Phi) is 5.47. The second kappa shape index (κ2) is 7.72. The maximum absolute atomic E-state index is 13.0. The fourth-order valence-corrected chi connectivity index (χ4v) is 9.26. The lowest BCUT2D eigenvalue weighted by Gasteiger charge is -2.58. The monoisotopic (exact) mass is 475 g/mol. The molecule has 0 amide bonds. The molecule has 5 aliphatic rings. The molecule has 0 saturated heterocycles. The van der Waals surface area contributed by atoms with E-state index in [0.29, 0.717) is 30.1 Å². The van der Waals surface area contributed by atoms with Gasteiger partial charge in [-0.25, -0.2) is 0 Å². The molecule has 0 aromatic carbocycles. The number of carboxylic acids is 1. The van der Waals surface area contributed by atoms with E-state index >= 15 is 0 Å². The minimum Gasteiger partial charge on any atom is -0.550 e. The first-order valence-electron chi connectivity index (χ1n) is 11.9. The van der Waals surface area contributed by atoms with Gasteiger partial charge in [-0.1, -0.05) is 12.2 Å². The number of halogens is 3. The van der Waals surface area contributed by atoms with Gasteiger partial charge in [0.25, 0.3) is 0 Å². The number of hydrogen-bond donors (Lipinski definition) is 0. The Bertz CT molecular complexity index is 900. The average Bonchev–Trinajstić information content (AvgIpc) is 3.12. The van der Waals surface area contributed by atoms with Crippen LogP contribution in [0.15, 0.2) is 12.2 Å². The van der Waals surface area contributed by atoms with Crippen LogP contribution in [0.2, 0.25) is 0 Å². The quantitative estimate of drug-likeness (QED) is 0.352. The molecule has 0 N–H and O–H groups in total. The number of fused-ring (bicyclic) bond motifs is 7. The second-order valence-corrected chi connectivity index (χ2v) is 12.3. The smallest absolute Gasteiger partial charge is 0.523 e. The highest BCUT2D eigenvalue weighted by molar-refractivity contribution is 7.87. The summed E-state index contributed by atoms with van der Waals surface area (Å²) < 4.78 is 67.4. The maximum Gasteiger partial charge on any atom is 0.523 e. The molecule has 4 fully saturated rings. The lowest BCUT2D eigenvalue weighted by molar-refractivity contribution is -0.326. The van der Waals surface area contributed by atoms with Gasteiger partial charge in [-0.05, 0) is 99.7 Å². The fourth-order valence-electron chi connectivity index (χ4n) is 8.61. The molecule has 0 aliphatic heterocycles. The number of rotatable bonds is 3. The Balaban J connectivity index is 1.44. The summed E-state index contributed by atoms with van der Waals surface area (Å²) in [5.74, 6) is 0.409. The van der Waals surface area contributed by atoms with Gasteiger partial charge < -0.3 is 9.90 Å². The zero-order valence-electron chi connectivity index (χ0n) is 17.9. The van der Waals surface area contributed by atoms with Crippen LogP contribution >= 0.6 is 0 Å². The van der Waals surface area contributed by atoms with Gasteiger partial charge in [0, 0.05) is 17.3 Å². The number of allylic oxidation sites excluding steroid dienone is 2. The van der Waals surface area contributed by atoms with Crippen molar-refractivity contribution in [1.82, 2.24) is 0 Å². The Morgan fingerprint density at radius 2 is 1.47 bits per heavy atom. The molecule has 4 saturated carbocycles. The van der Waals surface area contributed by atoms with Crippen molar-refractivity contribution in [2.24, 2.45) is 46.8 Å². The van der Waals surface area contributed by atoms with E-state index in [4.69, 9.17) is 4.18 Å². The highest BCUT2D eigenvalue weighted by Crippen LogP contribution is 2.64. The number of alkyl halides is 3. The summed E-state index contributed by atoms with van der Waals surface area (Å²) in [7, 11) is -5.78. The molecule has 9 heteroatoms. The first-order valence-corrected chi connectivity index (χ1v) is 13.3. The number of hydrogen-bond acceptors (Lipinski definition) is 5. The van der Waals surface area contributed by atoms with Crippen LogP contribution in [-0.2, 0) is 19.1 Å². The molecule has 0 aromatic heterocycles. The van der Waals surface area contributed by atoms with E-state index in [1.54, 1.807) is 0 Å². The molecule has 32 heavy (non-hydrogen) atoms. The minimum absolute atomic E-state index is 0.000760. The Morgan fingerprint density at radius 3 is 2.19 bits per heavy atom. The molecule has 0 radical (unpaired) electrons. The van der Waals surface area contributed by atoms with Crippen molar-refractivity contribution in [1.29, 1.82) is 0 Å². The average molecular weight is 476 g/mol. The van der Waals surface area contributed by atoms with Crippen molar-refractivity contribution in [3.8, 4) is 0 Å². The third-order valence-corrected chi connectivity index (χ3v) is 10.8. The molecular weight excluding hydrogens is 445 g/mol. The van der Waals surface area contributed by atoms with E-state index in [1.165, 1.54) is 0 Å². The number of carbonyl (C=O) groups excluding carboxylic acids is 1. The lowest BCUT2D eigenvalue weighted by atomic mass is 9.47. The molecule has 5 nitrogen and oxygen atoms in total. The van der Waals surface area contributed by atoms with Gasteiger partial charge in [0.2, 0.25) is 0 Å². The molecule has 0 spiro atoms. The van der Waals surface area contributed by atoms with Crippen molar-refractivity contribution in [2.75, 3.05) is 0 Å². The Hall–Kier alpha value is -1.09. The lowest BCUT2D eigenvalue weighted by Crippen LogP contribution is -2.57. The van der Waals surface area contributed by atoms with E-state index in [0.717, 1.165) is 44.9 Å². The van der Waals surface area contributed by atoms with Gasteiger partial charge in [-0.15, -0.1) is 0 Å². The molecule has 5 aliphatic carbocycles. The maximum atomic E-state index is 13.0. The minimum atomic E-state index is -5.78. The van der Waals surface area contributed by atoms with Gasteiger partial charge in [0.1, 0.15) is 0 Å². The molecule has 9 unspecified atom stereocenters. The first-order chi connectivity index (χ1) is 15.1. The highest BCUT2D eigenvalue weighted by Gasteiger charge is 2.62. The Labute approximate surface area is 186 Å². The summed E-state index contributed by atoms with van der Waals surface area (Å²) in [5.41, 5.74) is -6.80. The van der Waals surface area contributed by atoms with Gasteiger partial charge in [0.15, 0.2) is 0 Å². The fraction of sp³-hybridized carbons (Fsp3) is 0.870. The van der Waals surface area contributed by atoms with E-state index in [-0.39, 0.29) is 24.7 Å². The van der Waals surface area contributed by atoms with Gasteiger partial charge >= 0.3 is 15.6 Å². The standard InChI is InChI=1S/C23H31F3O5S/c24-23(25,26)32(29,30)31-19-10-12-22(21(27)28)11-9-17-16-6-5-13-3-1-2-4-14(13)15(16)7-8-18(17)20(19)22/h1-2,13-20H,3-12H2,(H,27,28)/p-1. The predicted molar refractivity (Wildman–Crippen MR) is 107 cm³/mol. The van der Waals surface area contributed by atoms with E-state index in [2.05, 4.69) is 12.2 Å². The van der Waals surface area contributed by atoms with E-state index < -0.39 is 39.0 Å². The third-order valence-electron chi connectivity index (χ3n) is 9.76. The van der Waals surface area contributed by atoms with E-state index in [9.17, 15) is 31.5 Å². The number of carboxylic acid groups (broad SMARTS) is 1. The van der Waals surface area contributed by atoms with Crippen LogP contribution in [0.1, 0.15) is 64.2 Å². The summed E-state index contributed by atoms with van der Waals surface area (Å²) in [6.45, 7) is 0. The largest absolute Gasteiger partial charge is 0.550 e. The summed E-state index contributed by atoms with van der Waals surface area (Å²) in [5, 5.41) is 12.3. The van der Waals surface area contributed by atoms with Crippen LogP contribution < -0.4 is 5.11 Å². The molecule has 5 rings (SSSR count). The summed E-state index contributed by atoms with van der Waals surface area (Å²) in [6, 6.07) is 0. The number of carbonyl (C=O) groups is 1. The molecular formula is C23H30F3O5S-. The third kappa shape index (κ3) is 3.36. The molecule has 0 heterocycles. The highest BCUT2D eigenvalue weighted by atomic mass is 32.2. The SMILES string of the molecule is O=C([O-])C12CCC(OS(=O)(=O)C(F)(F)F)C1C1CCC3C4CC=CCC4CCC3C1CC2. The second-order valence-electron chi connectivity index (χ2n) is 10.8. The molecule has 0 aromatic rings. The van der Waals surface area contributed by atoms with Crippen molar-refractivity contribution in [2.45, 2.75) is 75.8 Å². The Morgan fingerprint density at radius 1 is 0.875 bits per heavy atom. The molecule has 180 valence electrons. The van der Waals surface area contributed by atoms with Crippen LogP contribution in [-0.4, -0.2) is 26.0 Å². The molecule has 0 bridgehead atoms. The normalized spacial score (nSPS) is 46.0. The first kappa shape index (κ1) is 22.7. The van der Waals surface area contributed by atoms with Crippen LogP contribution in [0, 0.1) is 46.8 Å². The zero-order chi connectivity index (χ0) is 22.9. The topological polar surface area (TPSA) is 83.5 Å². The van der Waals surface area contributed by atoms with Crippen molar-refractivity contribution < 1.29 is 35.7 Å². The summed E-state index contributed by atoms with van der Waals surface area (Å²) >= 11 is 0. The summed E-state index contributed by atoms with van der Waals surface area (Å²) in [6.07, 6.45) is 10.5. The van der Waals surface area contributed by atoms with E-state index in [1.807, 2.05) is 0 Å². The molecule has 9 atom stereocenters. The van der Waals surface area contributed by atoms with Crippen LogP contribution in [0.25, 0.3) is 0 Å². The number of aliphatic carboxylic acids is 1. The van der Waals surface area contributed by atoms with Gasteiger partial charge in [0.05, 0.1) is 6.10 Å². The van der Waals surface area contributed by atoms with Gasteiger partial charge in [-0.2, -0.15) is 21.6 Å². The van der Waals surface area contributed by atoms with Crippen LogP contribution in [0.4, 0.5) is 13.2 Å². The van der Waals surface area contributed by atoms with Crippen molar-refractivity contribution in [3.05, 3.63) is 12.2 Å². The van der Waals surface area contributed by atoms with Crippen LogP contribution in [0.3, 0.4) is 0 Å². The van der Waals surface area contributed by atoms with Gasteiger partial charge in [-0.3, -0.25) is 4.18 Å². The van der Waals surface area contributed by atoms with Crippen molar-refractivity contribution >= 4 is 16.1 Å². The predicted octanol–water partition coefficient (Wildman–Crippen LogP) is 3.80. The van der Waals surface area contributed by atoms with Crippen molar-refractivity contribution in [3.63, 3.8) is 0 Å².